The van der Waals surface area contributed by atoms with Crippen molar-refractivity contribution >= 4 is 23.5 Å². The van der Waals surface area contributed by atoms with Gasteiger partial charge in [-0.1, -0.05) is 48.5 Å². The van der Waals surface area contributed by atoms with Gasteiger partial charge in [0.15, 0.2) is 11.5 Å². The zero-order valence-corrected chi connectivity index (χ0v) is 20.2. The molecule has 1 saturated heterocycles. The summed E-state index contributed by atoms with van der Waals surface area (Å²) in [6, 6.07) is 21.2. The summed E-state index contributed by atoms with van der Waals surface area (Å²) in [4.78, 5) is 42.8. The van der Waals surface area contributed by atoms with Gasteiger partial charge in [0, 0.05) is 6.42 Å². The minimum Gasteiger partial charge on any atom is -0.489 e. The van der Waals surface area contributed by atoms with Gasteiger partial charge in [-0.2, -0.15) is 0 Å². The fraction of sp³-hybridized carbons (Fsp3) is 0.250. The van der Waals surface area contributed by atoms with Gasteiger partial charge < -0.3 is 19.5 Å². The Morgan fingerprint density at radius 2 is 1.70 bits per heavy atom. The SMILES string of the molecule is C[C@]1(Cc2ccc3c(c2)OCO3)NC(=O)N(CC(=O)N2c3ccccc3OC[C@@H]2c2ccccc2)C1=O. The van der Waals surface area contributed by atoms with Crippen LogP contribution in [-0.4, -0.2) is 48.2 Å². The minimum absolute atomic E-state index is 0.149. The second-order valence-corrected chi connectivity index (χ2v) is 9.49. The van der Waals surface area contributed by atoms with E-state index >= 15 is 0 Å². The fourth-order valence-corrected chi connectivity index (χ4v) is 5.10. The van der Waals surface area contributed by atoms with Crippen LogP contribution < -0.4 is 24.4 Å². The number of anilines is 1. The van der Waals surface area contributed by atoms with Crippen molar-refractivity contribution in [3.8, 4) is 17.2 Å². The third kappa shape index (κ3) is 4.02. The van der Waals surface area contributed by atoms with Crippen molar-refractivity contribution in [1.29, 1.82) is 0 Å². The number of amides is 4. The quantitative estimate of drug-likeness (QED) is 0.541. The van der Waals surface area contributed by atoms with Crippen molar-refractivity contribution in [2.75, 3.05) is 24.8 Å². The number of carbonyl (C=O) groups excluding carboxylic acids is 3. The molecule has 6 rings (SSSR count). The van der Waals surface area contributed by atoms with E-state index in [1.54, 1.807) is 36.1 Å². The van der Waals surface area contributed by atoms with Crippen LogP contribution >= 0.6 is 0 Å². The topological polar surface area (TPSA) is 97.4 Å². The molecule has 0 aliphatic carbocycles. The number of nitrogens with one attached hydrogen (secondary N) is 1. The molecule has 3 aliphatic heterocycles. The van der Waals surface area contributed by atoms with E-state index in [2.05, 4.69) is 5.32 Å². The van der Waals surface area contributed by atoms with E-state index in [0.29, 0.717) is 22.9 Å². The van der Waals surface area contributed by atoms with Gasteiger partial charge in [0.1, 0.15) is 24.4 Å². The van der Waals surface area contributed by atoms with E-state index in [0.717, 1.165) is 16.0 Å². The molecular formula is C28H25N3O6. The van der Waals surface area contributed by atoms with Gasteiger partial charge >= 0.3 is 6.03 Å². The largest absolute Gasteiger partial charge is 0.489 e. The van der Waals surface area contributed by atoms with Gasteiger partial charge in [0.05, 0.1) is 11.7 Å². The fourth-order valence-electron chi connectivity index (χ4n) is 5.10. The highest BCUT2D eigenvalue weighted by atomic mass is 16.7. The molecule has 1 N–H and O–H groups in total. The van der Waals surface area contributed by atoms with Gasteiger partial charge in [-0.05, 0) is 42.3 Å². The second kappa shape index (κ2) is 8.85. The number of carbonyl (C=O) groups is 3. The van der Waals surface area contributed by atoms with Crippen LogP contribution in [0.25, 0.3) is 0 Å². The first kappa shape index (κ1) is 22.9. The summed E-state index contributed by atoms with van der Waals surface area (Å²) in [5.41, 5.74) is 1.10. The Morgan fingerprint density at radius 3 is 2.54 bits per heavy atom. The molecule has 0 spiro atoms. The summed E-state index contributed by atoms with van der Waals surface area (Å²) in [7, 11) is 0. The van der Waals surface area contributed by atoms with Crippen LogP contribution in [0, 0.1) is 0 Å². The summed E-state index contributed by atoms with van der Waals surface area (Å²) >= 11 is 0. The summed E-state index contributed by atoms with van der Waals surface area (Å²) in [6.07, 6.45) is 0.242. The number of imide groups is 1. The van der Waals surface area contributed by atoms with E-state index in [-0.39, 0.29) is 32.3 Å². The number of rotatable bonds is 5. The number of fused-ring (bicyclic) bond motifs is 2. The Morgan fingerprint density at radius 1 is 0.946 bits per heavy atom. The third-order valence-electron chi connectivity index (χ3n) is 6.92. The maximum Gasteiger partial charge on any atom is 0.325 e. The number of hydrogen-bond donors (Lipinski definition) is 1. The lowest BCUT2D eigenvalue weighted by Crippen LogP contribution is -2.49. The third-order valence-corrected chi connectivity index (χ3v) is 6.92. The van der Waals surface area contributed by atoms with Crippen molar-refractivity contribution in [2.45, 2.75) is 24.9 Å². The molecule has 188 valence electrons. The van der Waals surface area contributed by atoms with Gasteiger partial charge in [-0.3, -0.25) is 19.4 Å². The van der Waals surface area contributed by atoms with E-state index in [4.69, 9.17) is 14.2 Å². The lowest BCUT2D eigenvalue weighted by atomic mass is 9.92. The van der Waals surface area contributed by atoms with Crippen LogP contribution in [0.2, 0.25) is 0 Å². The number of hydrogen-bond acceptors (Lipinski definition) is 6. The predicted molar refractivity (Wildman–Crippen MR) is 134 cm³/mol. The van der Waals surface area contributed by atoms with Gasteiger partial charge in [-0.15, -0.1) is 0 Å². The lowest BCUT2D eigenvalue weighted by molar-refractivity contribution is -0.134. The van der Waals surface area contributed by atoms with Gasteiger partial charge in [0.2, 0.25) is 12.7 Å². The van der Waals surface area contributed by atoms with Gasteiger partial charge in [-0.25, -0.2) is 4.79 Å². The maximum atomic E-state index is 13.8. The first-order valence-electron chi connectivity index (χ1n) is 12.0. The summed E-state index contributed by atoms with van der Waals surface area (Å²) in [5.74, 6) is 0.985. The molecule has 0 unspecified atom stereocenters. The molecule has 1 fully saturated rings. The van der Waals surface area contributed by atoms with Crippen molar-refractivity contribution in [2.24, 2.45) is 0 Å². The van der Waals surface area contributed by atoms with E-state index in [1.165, 1.54) is 0 Å². The standard InChI is InChI=1S/C28H25N3O6/c1-28(14-18-11-12-23-24(13-18)37-17-36-23)26(33)30(27(34)29-28)15-25(32)31-20-9-5-6-10-22(20)35-16-21(31)19-7-3-2-4-8-19/h2-13,21H,14-17H2,1H3,(H,29,34)/t21-,28-/m1/s1. The summed E-state index contributed by atoms with van der Waals surface area (Å²) in [6.45, 7) is 1.68. The number of ether oxygens (including phenoxy) is 3. The minimum atomic E-state index is -1.20. The Bertz CT molecular complexity index is 1390. The van der Waals surface area contributed by atoms with E-state index in [1.807, 2.05) is 48.5 Å². The summed E-state index contributed by atoms with van der Waals surface area (Å²) < 4.78 is 16.7. The molecule has 0 saturated carbocycles. The molecule has 3 aliphatic rings. The number of urea groups is 1. The highest BCUT2D eigenvalue weighted by molar-refractivity contribution is 6.10. The monoisotopic (exact) mass is 499 g/mol. The van der Waals surface area contributed by atoms with Crippen LogP contribution in [-0.2, 0) is 16.0 Å². The van der Waals surface area contributed by atoms with Crippen molar-refractivity contribution in [3.63, 3.8) is 0 Å². The molecule has 0 radical (unpaired) electrons. The van der Waals surface area contributed by atoms with Crippen LogP contribution in [0.5, 0.6) is 17.2 Å². The molecule has 4 amide bonds. The highest BCUT2D eigenvalue weighted by Gasteiger charge is 2.49. The average molecular weight is 500 g/mol. The average Bonchev–Trinajstić information content (AvgIpc) is 3.46. The zero-order valence-electron chi connectivity index (χ0n) is 20.2. The molecule has 0 aromatic heterocycles. The maximum absolute atomic E-state index is 13.8. The van der Waals surface area contributed by atoms with E-state index in [9.17, 15) is 14.4 Å². The van der Waals surface area contributed by atoms with Crippen molar-refractivity contribution in [1.82, 2.24) is 10.2 Å². The van der Waals surface area contributed by atoms with E-state index < -0.39 is 23.5 Å². The van der Waals surface area contributed by atoms with Crippen molar-refractivity contribution in [3.05, 3.63) is 83.9 Å². The highest BCUT2D eigenvalue weighted by Crippen LogP contribution is 2.40. The predicted octanol–water partition coefficient (Wildman–Crippen LogP) is 3.44. The Balaban J connectivity index is 1.25. The Hall–Kier alpha value is -4.53. The molecular weight excluding hydrogens is 474 g/mol. The molecule has 37 heavy (non-hydrogen) atoms. The number of benzene rings is 3. The number of para-hydroxylation sites is 2. The molecule has 9 heteroatoms. The molecule has 3 heterocycles. The molecule has 9 nitrogen and oxygen atoms in total. The summed E-state index contributed by atoms with van der Waals surface area (Å²) in [5, 5.41) is 2.79. The molecule has 0 bridgehead atoms. The van der Waals surface area contributed by atoms with Crippen LogP contribution in [0.4, 0.5) is 10.5 Å². The first-order chi connectivity index (χ1) is 17.9. The smallest absolute Gasteiger partial charge is 0.325 e. The van der Waals surface area contributed by atoms with Crippen molar-refractivity contribution < 1.29 is 28.6 Å². The zero-order chi connectivity index (χ0) is 25.6. The second-order valence-electron chi connectivity index (χ2n) is 9.49. The van der Waals surface area contributed by atoms with Gasteiger partial charge in [0.25, 0.3) is 5.91 Å². The van der Waals surface area contributed by atoms with Crippen LogP contribution in [0.3, 0.4) is 0 Å². The Kier molecular flexibility index (Phi) is 5.48. The lowest BCUT2D eigenvalue weighted by Gasteiger charge is -2.37. The van der Waals surface area contributed by atoms with Crippen LogP contribution in [0.15, 0.2) is 72.8 Å². The number of nitrogens with zero attached hydrogens (tertiary/aromatic N) is 2. The normalized spacial score (nSPS) is 21.9. The first-order valence-corrected chi connectivity index (χ1v) is 12.0. The molecule has 2 atom stereocenters. The van der Waals surface area contributed by atoms with Crippen LogP contribution in [0.1, 0.15) is 24.1 Å². The molecule has 3 aromatic carbocycles. The Labute approximate surface area is 213 Å². The molecule has 3 aromatic rings.